The van der Waals surface area contributed by atoms with E-state index in [0.717, 1.165) is 44.6 Å². The van der Waals surface area contributed by atoms with E-state index < -0.39 is 17.2 Å². The molecule has 0 saturated heterocycles. The third-order valence-corrected chi connectivity index (χ3v) is 8.13. The first-order chi connectivity index (χ1) is 17.1. The molecule has 3 aromatic rings. The number of halogens is 2. The summed E-state index contributed by atoms with van der Waals surface area (Å²) in [6.45, 7) is 5.62. The Morgan fingerprint density at radius 3 is 2.47 bits per heavy atom. The molecule has 3 saturated carbocycles. The highest BCUT2D eigenvalue weighted by atomic mass is 19.1. The summed E-state index contributed by atoms with van der Waals surface area (Å²) in [4.78, 5) is 20.9. The van der Waals surface area contributed by atoms with Gasteiger partial charge >= 0.3 is 6.09 Å². The molecular weight excluding hydrogens is 466 g/mol. The number of aromatic nitrogens is 4. The predicted octanol–water partition coefficient (Wildman–Crippen LogP) is 5.12. The van der Waals surface area contributed by atoms with Gasteiger partial charge in [0.25, 0.3) is 0 Å². The Morgan fingerprint density at radius 2 is 1.78 bits per heavy atom. The molecule has 2 atom stereocenters. The summed E-state index contributed by atoms with van der Waals surface area (Å²) in [5.41, 5.74) is 0.546. The summed E-state index contributed by atoms with van der Waals surface area (Å²) in [5, 5.41) is 11.6. The molecule has 0 radical (unpaired) electrons. The number of anilines is 1. The molecule has 3 fully saturated rings. The first kappa shape index (κ1) is 23.1. The molecule has 0 aliphatic heterocycles. The van der Waals surface area contributed by atoms with Gasteiger partial charge in [-0.25, -0.2) is 28.2 Å². The maximum absolute atomic E-state index is 14.3. The van der Waals surface area contributed by atoms with Crippen LogP contribution in [0.15, 0.2) is 30.7 Å². The lowest BCUT2D eigenvalue weighted by Gasteiger charge is -2.31. The molecule has 2 spiro atoms. The summed E-state index contributed by atoms with van der Waals surface area (Å²) in [5.74, 6) is -0.673. The molecule has 1 aromatic carbocycles. The summed E-state index contributed by atoms with van der Waals surface area (Å²) in [6, 6.07) is 3.89. The molecule has 8 nitrogen and oxygen atoms in total. The summed E-state index contributed by atoms with van der Waals surface area (Å²) >= 11 is 0. The van der Waals surface area contributed by atoms with Gasteiger partial charge < -0.3 is 15.4 Å². The zero-order valence-electron chi connectivity index (χ0n) is 20.6. The van der Waals surface area contributed by atoms with E-state index in [-0.39, 0.29) is 28.7 Å². The largest absolute Gasteiger partial charge is 0.444 e. The Bertz CT molecular complexity index is 1340. The first-order valence-electron chi connectivity index (χ1n) is 12.5. The molecule has 2 aromatic heterocycles. The molecule has 2 N–H and O–H groups in total. The van der Waals surface area contributed by atoms with Gasteiger partial charge in [0.2, 0.25) is 0 Å². The Balaban J connectivity index is 1.10. The van der Waals surface area contributed by atoms with Crippen LogP contribution in [0.25, 0.3) is 16.7 Å². The molecule has 1 amide bonds. The van der Waals surface area contributed by atoms with Gasteiger partial charge in [-0.3, -0.25) is 0 Å². The van der Waals surface area contributed by atoms with Crippen LogP contribution in [-0.4, -0.2) is 43.5 Å². The Hall–Kier alpha value is -3.30. The minimum Gasteiger partial charge on any atom is -0.444 e. The van der Waals surface area contributed by atoms with Crippen molar-refractivity contribution in [3.8, 4) is 5.69 Å². The second-order valence-corrected chi connectivity index (χ2v) is 11.6. The van der Waals surface area contributed by atoms with Crippen LogP contribution in [0.2, 0.25) is 0 Å². The molecule has 1 unspecified atom stereocenters. The van der Waals surface area contributed by atoms with Gasteiger partial charge in [-0.15, -0.1) is 0 Å². The Kier molecular flexibility index (Phi) is 5.04. The number of nitrogens with zero attached hydrogens (tertiary/aromatic N) is 4. The van der Waals surface area contributed by atoms with Crippen molar-refractivity contribution < 1.29 is 18.3 Å². The quantitative estimate of drug-likeness (QED) is 0.521. The zero-order chi connectivity index (χ0) is 25.3. The number of alkyl carbamates (subject to hydrolysis) is 1. The van der Waals surface area contributed by atoms with E-state index in [9.17, 15) is 13.6 Å². The molecule has 6 rings (SSSR count). The van der Waals surface area contributed by atoms with Gasteiger partial charge in [-0.2, -0.15) is 5.10 Å². The van der Waals surface area contributed by atoms with Gasteiger partial charge in [-0.1, -0.05) is 0 Å². The predicted molar refractivity (Wildman–Crippen MR) is 130 cm³/mol. The van der Waals surface area contributed by atoms with Crippen molar-refractivity contribution in [1.82, 2.24) is 25.1 Å². The third kappa shape index (κ3) is 4.06. The molecule has 0 bridgehead atoms. The van der Waals surface area contributed by atoms with Crippen LogP contribution in [-0.2, 0) is 4.74 Å². The molecule has 190 valence electrons. The van der Waals surface area contributed by atoms with E-state index in [1.807, 2.05) is 20.8 Å². The second-order valence-electron chi connectivity index (χ2n) is 11.6. The number of ether oxygens (including phenoxy) is 1. The number of nitrogens with one attached hydrogen (secondary N) is 2. The second kappa shape index (κ2) is 7.85. The van der Waals surface area contributed by atoms with Crippen LogP contribution in [0.1, 0.15) is 59.3 Å². The van der Waals surface area contributed by atoms with E-state index in [1.54, 1.807) is 6.20 Å². The van der Waals surface area contributed by atoms with Gasteiger partial charge in [-0.05, 0) is 82.3 Å². The van der Waals surface area contributed by atoms with Crippen LogP contribution in [0, 0.1) is 22.5 Å². The van der Waals surface area contributed by atoms with E-state index in [1.165, 1.54) is 23.1 Å². The summed E-state index contributed by atoms with van der Waals surface area (Å²) in [6.07, 6.45) is 9.20. The van der Waals surface area contributed by atoms with Gasteiger partial charge in [0.1, 0.15) is 29.3 Å². The number of benzene rings is 1. The highest BCUT2D eigenvalue weighted by Gasteiger charge is 2.64. The van der Waals surface area contributed by atoms with E-state index in [2.05, 4.69) is 25.7 Å². The first-order valence-corrected chi connectivity index (χ1v) is 12.5. The van der Waals surface area contributed by atoms with E-state index in [4.69, 9.17) is 4.74 Å². The van der Waals surface area contributed by atoms with Crippen LogP contribution < -0.4 is 10.6 Å². The number of fused-ring (bicyclic) bond motifs is 1. The molecule has 36 heavy (non-hydrogen) atoms. The Morgan fingerprint density at radius 1 is 1.08 bits per heavy atom. The molecule has 3 aliphatic rings. The maximum atomic E-state index is 14.3. The average Bonchev–Trinajstić information content (AvgIpc) is 3.59. The SMILES string of the molecule is CC(C)(C)OC(=O)N[C@@H]1CC12CCC1(CC2)CC1Nc1ncnc2c1cnn2-c1ccc(F)cc1F. The highest BCUT2D eigenvalue weighted by molar-refractivity contribution is 5.87. The van der Waals surface area contributed by atoms with Crippen molar-refractivity contribution in [2.45, 2.75) is 77.0 Å². The van der Waals surface area contributed by atoms with Crippen LogP contribution in [0.5, 0.6) is 0 Å². The topological polar surface area (TPSA) is 94.0 Å². The minimum atomic E-state index is -0.704. The minimum absolute atomic E-state index is 0.135. The molecule has 3 aliphatic carbocycles. The average molecular weight is 497 g/mol. The maximum Gasteiger partial charge on any atom is 0.407 e. The number of rotatable bonds is 4. The third-order valence-electron chi connectivity index (χ3n) is 8.13. The van der Waals surface area contributed by atoms with Crippen LogP contribution >= 0.6 is 0 Å². The van der Waals surface area contributed by atoms with Gasteiger partial charge in [0.05, 0.1) is 11.6 Å². The van der Waals surface area contributed by atoms with Crippen molar-refractivity contribution in [3.63, 3.8) is 0 Å². The summed E-state index contributed by atoms with van der Waals surface area (Å²) < 4.78 is 34.5. The standard InChI is InChI=1S/C26H30F2N6O2/c1-24(2,3)36-23(35)33-20-12-26(20)8-6-25(7-9-26)11-19(25)32-21-16-13-31-34(22(16)30-14-29-21)18-5-4-15(27)10-17(18)28/h4-5,10,13-14,19-20H,6-9,11-12H2,1-3H3,(H,33,35)(H,29,30,32)/t19?,20-,25?,26?/m1/s1. The monoisotopic (exact) mass is 496 g/mol. The lowest BCUT2D eigenvalue weighted by Crippen LogP contribution is -2.36. The van der Waals surface area contributed by atoms with Crippen LogP contribution in [0.4, 0.5) is 19.4 Å². The summed E-state index contributed by atoms with van der Waals surface area (Å²) in [7, 11) is 0. The van der Waals surface area contributed by atoms with Crippen molar-refractivity contribution >= 4 is 22.9 Å². The fourth-order valence-corrected chi connectivity index (χ4v) is 5.86. The van der Waals surface area contributed by atoms with Crippen LogP contribution in [0.3, 0.4) is 0 Å². The normalized spacial score (nSPS) is 28.9. The lowest BCUT2D eigenvalue weighted by molar-refractivity contribution is 0.0510. The number of hydrogen-bond donors (Lipinski definition) is 2. The van der Waals surface area contributed by atoms with Gasteiger partial charge in [0.15, 0.2) is 11.5 Å². The van der Waals surface area contributed by atoms with E-state index in [0.29, 0.717) is 22.9 Å². The molecule has 2 heterocycles. The number of carbonyl (C=O) groups excluding carboxylic acids is 1. The molecular formula is C26H30F2N6O2. The van der Waals surface area contributed by atoms with Crippen molar-refractivity contribution in [3.05, 3.63) is 42.4 Å². The molecule has 10 heteroatoms. The number of carbonyl (C=O) groups is 1. The Labute approximate surface area is 207 Å². The number of amides is 1. The van der Waals surface area contributed by atoms with Crippen molar-refractivity contribution in [1.29, 1.82) is 0 Å². The fraction of sp³-hybridized carbons (Fsp3) is 0.538. The van der Waals surface area contributed by atoms with Crippen molar-refractivity contribution in [2.75, 3.05) is 5.32 Å². The number of hydrogen-bond acceptors (Lipinski definition) is 6. The van der Waals surface area contributed by atoms with Crippen molar-refractivity contribution in [2.24, 2.45) is 10.8 Å². The highest BCUT2D eigenvalue weighted by Crippen LogP contribution is 2.67. The lowest BCUT2D eigenvalue weighted by atomic mass is 9.76. The smallest absolute Gasteiger partial charge is 0.407 e. The van der Waals surface area contributed by atoms with E-state index >= 15 is 0 Å². The zero-order valence-corrected chi connectivity index (χ0v) is 20.6. The van der Waals surface area contributed by atoms with Gasteiger partial charge in [0, 0.05) is 18.2 Å². The fourth-order valence-electron chi connectivity index (χ4n) is 5.86.